The summed E-state index contributed by atoms with van der Waals surface area (Å²) < 4.78 is 5.55. The van der Waals surface area contributed by atoms with Crippen molar-refractivity contribution in [3.05, 3.63) is 60.1 Å². The van der Waals surface area contributed by atoms with Crippen molar-refractivity contribution in [1.29, 1.82) is 0 Å². The van der Waals surface area contributed by atoms with Crippen molar-refractivity contribution in [3.63, 3.8) is 0 Å². The van der Waals surface area contributed by atoms with E-state index in [-0.39, 0.29) is 5.41 Å². The van der Waals surface area contributed by atoms with Gasteiger partial charge in [-0.25, -0.2) is 4.98 Å². The first-order valence-electron chi connectivity index (χ1n) is 7.49. The molecular formula is C18H18N2O2. The van der Waals surface area contributed by atoms with Crippen molar-refractivity contribution in [3.8, 4) is 0 Å². The van der Waals surface area contributed by atoms with E-state index in [1.54, 1.807) is 6.20 Å². The Morgan fingerprint density at radius 1 is 1.14 bits per heavy atom. The summed E-state index contributed by atoms with van der Waals surface area (Å²) in [6.07, 6.45) is 4.22. The van der Waals surface area contributed by atoms with E-state index in [4.69, 9.17) is 4.42 Å². The zero-order valence-electron chi connectivity index (χ0n) is 12.7. The summed E-state index contributed by atoms with van der Waals surface area (Å²) >= 11 is 0. The SMILES string of the molecule is CC1(C)CC(O)(c2nccc3ccccc23)Cc2ncoc21. The Balaban J connectivity index is 1.92. The first-order chi connectivity index (χ1) is 10.5. The third kappa shape index (κ3) is 1.87. The van der Waals surface area contributed by atoms with E-state index in [0.29, 0.717) is 12.8 Å². The Kier molecular flexibility index (Phi) is 2.69. The van der Waals surface area contributed by atoms with Gasteiger partial charge in [-0.15, -0.1) is 0 Å². The summed E-state index contributed by atoms with van der Waals surface area (Å²) in [6, 6.07) is 10.0. The van der Waals surface area contributed by atoms with E-state index < -0.39 is 5.60 Å². The molecule has 0 saturated heterocycles. The number of pyridine rings is 1. The topological polar surface area (TPSA) is 59.2 Å². The van der Waals surface area contributed by atoms with Crippen LogP contribution in [0, 0.1) is 0 Å². The van der Waals surface area contributed by atoms with E-state index in [2.05, 4.69) is 23.8 Å². The molecule has 0 bridgehead atoms. The van der Waals surface area contributed by atoms with Gasteiger partial charge in [0.05, 0.1) is 11.4 Å². The van der Waals surface area contributed by atoms with Crippen LogP contribution < -0.4 is 0 Å². The second-order valence-electron chi connectivity index (χ2n) is 6.78. The third-order valence-electron chi connectivity index (χ3n) is 4.56. The average molecular weight is 294 g/mol. The van der Waals surface area contributed by atoms with Crippen LogP contribution in [-0.2, 0) is 17.4 Å². The lowest BCUT2D eigenvalue weighted by atomic mass is 9.69. The molecule has 0 aliphatic heterocycles. The second kappa shape index (κ2) is 4.40. The van der Waals surface area contributed by atoms with Gasteiger partial charge < -0.3 is 9.52 Å². The number of rotatable bonds is 1. The molecule has 1 atom stereocenters. The smallest absolute Gasteiger partial charge is 0.181 e. The van der Waals surface area contributed by atoms with Gasteiger partial charge in [0.1, 0.15) is 11.4 Å². The van der Waals surface area contributed by atoms with Gasteiger partial charge in [-0.2, -0.15) is 0 Å². The average Bonchev–Trinajstić information content (AvgIpc) is 2.95. The minimum Gasteiger partial charge on any atom is -0.448 e. The normalized spacial score (nSPS) is 23.4. The maximum Gasteiger partial charge on any atom is 0.181 e. The molecule has 1 aromatic carbocycles. The zero-order valence-corrected chi connectivity index (χ0v) is 12.7. The Morgan fingerprint density at radius 2 is 1.95 bits per heavy atom. The van der Waals surface area contributed by atoms with Crippen molar-refractivity contribution in [2.75, 3.05) is 0 Å². The molecule has 0 radical (unpaired) electrons. The van der Waals surface area contributed by atoms with Gasteiger partial charge in [0.2, 0.25) is 0 Å². The fraction of sp³-hybridized carbons (Fsp3) is 0.333. The van der Waals surface area contributed by atoms with Crippen molar-refractivity contribution < 1.29 is 9.52 Å². The van der Waals surface area contributed by atoms with Crippen molar-refractivity contribution in [1.82, 2.24) is 9.97 Å². The van der Waals surface area contributed by atoms with Gasteiger partial charge in [0, 0.05) is 23.4 Å². The lowest BCUT2D eigenvalue weighted by Crippen LogP contribution is -2.42. The van der Waals surface area contributed by atoms with Crippen molar-refractivity contribution >= 4 is 10.8 Å². The van der Waals surface area contributed by atoms with Gasteiger partial charge in [0.15, 0.2) is 6.39 Å². The van der Waals surface area contributed by atoms with E-state index in [0.717, 1.165) is 27.9 Å². The Bertz CT molecular complexity index is 848. The molecule has 0 amide bonds. The fourth-order valence-electron chi connectivity index (χ4n) is 3.75. The third-order valence-corrected chi connectivity index (χ3v) is 4.56. The summed E-state index contributed by atoms with van der Waals surface area (Å²) in [5.41, 5.74) is 0.243. The molecule has 2 aromatic heterocycles. The molecule has 22 heavy (non-hydrogen) atoms. The van der Waals surface area contributed by atoms with Crippen LogP contribution in [0.15, 0.2) is 47.3 Å². The molecule has 1 aliphatic carbocycles. The molecule has 2 heterocycles. The van der Waals surface area contributed by atoms with Crippen molar-refractivity contribution in [2.45, 2.75) is 37.7 Å². The Morgan fingerprint density at radius 3 is 2.82 bits per heavy atom. The van der Waals surface area contributed by atoms with Crippen LogP contribution in [0.1, 0.15) is 37.4 Å². The summed E-state index contributed by atoms with van der Waals surface area (Å²) in [5.74, 6) is 0.873. The Labute approximate surface area is 128 Å². The molecule has 3 aromatic rings. The summed E-state index contributed by atoms with van der Waals surface area (Å²) in [5, 5.41) is 13.5. The molecule has 0 spiro atoms. The van der Waals surface area contributed by atoms with E-state index in [9.17, 15) is 5.11 Å². The van der Waals surface area contributed by atoms with E-state index >= 15 is 0 Å². The van der Waals surface area contributed by atoms with Crippen LogP contribution in [-0.4, -0.2) is 15.1 Å². The quantitative estimate of drug-likeness (QED) is 0.748. The Hall–Kier alpha value is -2.20. The van der Waals surface area contributed by atoms with Gasteiger partial charge in [0.25, 0.3) is 0 Å². The van der Waals surface area contributed by atoms with E-state index in [1.807, 2.05) is 30.3 Å². The van der Waals surface area contributed by atoms with Crippen LogP contribution in [0.5, 0.6) is 0 Å². The van der Waals surface area contributed by atoms with Crippen LogP contribution in [0.25, 0.3) is 10.8 Å². The predicted octanol–water partition coefficient (Wildman–Crippen LogP) is 3.33. The highest BCUT2D eigenvalue weighted by Gasteiger charge is 2.47. The molecule has 4 nitrogen and oxygen atoms in total. The second-order valence-corrected chi connectivity index (χ2v) is 6.78. The monoisotopic (exact) mass is 294 g/mol. The highest BCUT2D eigenvalue weighted by Crippen LogP contribution is 2.46. The minimum absolute atomic E-state index is 0.280. The molecular weight excluding hydrogens is 276 g/mol. The van der Waals surface area contributed by atoms with Gasteiger partial charge in [-0.3, -0.25) is 4.98 Å². The molecule has 4 rings (SSSR count). The number of oxazole rings is 1. The van der Waals surface area contributed by atoms with Crippen LogP contribution in [0.2, 0.25) is 0 Å². The lowest BCUT2D eigenvalue weighted by Gasteiger charge is -2.39. The number of aromatic nitrogens is 2. The van der Waals surface area contributed by atoms with Gasteiger partial charge in [-0.05, 0) is 17.9 Å². The molecule has 112 valence electrons. The first-order valence-corrected chi connectivity index (χ1v) is 7.49. The number of hydrogen-bond donors (Lipinski definition) is 1. The van der Waals surface area contributed by atoms with Crippen LogP contribution >= 0.6 is 0 Å². The number of nitrogens with zero attached hydrogens (tertiary/aromatic N) is 2. The number of benzene rings is 1. The molecule has 1 N–H and O–H groups in total. The fourth-order valence-corrected chi connectivity index (χ4v) is 3.75. The molecule has 4 heteroatoms. The van der Waals surface area contributed by atoms with Gasteiger partial charge in [-0.1, -0.05) is 38.1 Å². The van der Waals surface area contributed by atoms with Crippen LogP contribution in [0.3, 0.4) is 0 Å². The molecule has 1 unspecified atom stereocenters. The number of hydrogen-bond acceptors (Lipinski definition) is 4. The summed E-state index contributed by atoms with van der Waals surface area (Å²) in [6.45, 7) is 4.15. The minimum atomic E-state index is -1.03. The highest BCUT2D eigenvalue weighted by atomic mass is 16.3. The highest BCUT2D eigenvalue weighted by molar-refractivity contribution is 5.85. The van der Waals surface area contributed by atoms with E-state index in [1.165, 1.54) is 6.39 Å². The first kappa shape index (κ1) is 13.5. The summed E-state index contributed by atoms with van der Waals surface area (Å²) in [7, 11) is 0. The zero-order chi connectivity index (χ0) is 15.4. The molecule has 0 saturated carbocycles. The predicted molar refractivity (Wildman–Crippen MR) is 83.5 cm³/mol. The lowest BCUT2D eigenvalue weighted by molar-refractivity contribution is -0.00816. The maximum atomic E-state index is 11.4. The molecule has 1 aliphatic rings. The van der Waals surface area contributed by atoms with Gasteiger partial charge >= 0.3 is 0 Å². The number of aliphatic hydroxyl groups is 1. The molecule has 0 fully saturated rings. The van der Waals surface area contributed by atoms with Crippen molar-refractivity contribution in [2.24, 2.45) is 0 Å². The number of fused-ring (bicyclic) bond motifs is 2. The largest absolute Gasteiger partial charge is 0.448 e. The van der Waals surface area contributed by atoms with Crippen LogP contribution in [0.4, 0.5) is 0 Å². The summed E-state index contributed by atoms with van der Waals surface area (Å²) in [4.78, 5) is 8.82. The standard InChI is InChI=1S/C18H18N2O2/c1-17(2)10-18(21,9-14-16(17)22-11-20-14)15-13-6-4-3-5-12(13)7-8-19-15/h3-8,11,21H,9-10H2,1-2H3. The maximum absolute atomic E-state index is 11.4.